The summed E-state index contributed by atoms with van der Waals surface area (Å²) in [5.41, 5.74) is 0. The summed E-state index contributed by atoms with van der Waals surface area (Å²) < 4.78 is 0. The summed E-state index contributed by atoms with van der Waals surface area (Å²) in [6.07, 6.45) is 0. The molecule has 0 unspecified atom stereocenters. The van der Waals surface area contributed by atoms with Crippen LogP contribution in [0.1, 0.15) is 13.8 Å². The van der Waals surface area contributed by atoms with Crippen LogP contribution in [0.3, 0.4) is 0 Å². The molecule has 0 saturated carbocycles. The quantitative estimate of drug-likeness (QED) is 0.732. The highest BCUT2D eigenvalue weighted by atomic mass is 35.5. The van der Waals surface area contributed by atoms with Gasteiger partial charge in [0.05, 0.1) is 6.54 Å². The summed E-state index contributed by atoms with van der Waals surface area (Å²) in [6, 6.07) is 0.214. The molecule has 1 aliphatic rings. The molecule has 5 nitrogen and oxygen atoms in total. The van der Waals surface area contributed by atoms with Crippen molar-refractivity contribution in [3.05, 3.63) is 0 Å². The SMILES string of the molecule is CC(=O)N(C)CC(=O)N1CCNC[C@H]1C.Cl. The minimum Gasteiger partial charge on any atom is -0.337 e. The van der Waals surface area contributed by atoms with Gasteiger partial charge < -0.3 is 15.1 Å². The number of carbonyl (C=O) groups excluding carboxylic acids is 2. The second kappa shape index (κ2) is 6.70. The monoisotopic (exact) mass is 249 g/mol. The molecule has 2 amide bonds. The molecule has 0 aliphatic carbocycles. The molecule has 16 heavy (non-hydrogen) atoms. The van der Waals surface area contributed by atoms with E-state index in [1.807, 2.05) is 11.8 Å². The number of piperazine rings is 1. The van der Waals surface area contributed by atoms with E-state index < -0.39 is 0 Å². The van der Waals surface area contributed by atoms with Crippen LogP contribution in [-0.2, 0) is 9.59 Å². The van der Waals surface area contributed by atoms with E-state index in [9.17, 15) is 9.59 Å². The fourth-order valence-electron chi connectivity index (χ4n) is 1.62. The van der Waals surface area contributed by atoms with Gasteiger partial charge in [0.2, 0.25) is 11.8 Å². The maximum absolute atomic E-state index is 11.8. The molecule has 1 heterocycles. The lowest BCUT2D eigenvalue weighted by molar-refractivity contribution is -0.140. The zero-order valence-corrected chi connectivity index (χ0v) is 10.8. The molecule has 0 bridgehead atoms. The Balaban J connectivity index is 0.00000225. The van der Waals surface area contributed by atoms with Crippen LogP contribution in [0.5, 0.6) is 0 Å². The molecule has 94 valence electrons. The standard InChI is InChI=1S/C10H19N3O2.ClH/c1-8-6-11-4-5-13(8)10(15)7-12(3)9(2)14;/h8,11H,4-7H2,1-3H3;1H/t8-;/m1./s1. The molecule has 1 aliphatic heterocycles. The number of hydrogen-bond acceptors (Lipinski definition) is 3. The van der Waals surface area contributed by atoms with Crippen LogP contribution in [-0.4, -0.2) is 60.9 Å². The zero-order valence-electron chi connectivity index (χ0n) is 10.0. The Morgan fingerprint density at radius 3 is 2.62 bits per heavy atom. The Morgan fingerprint density at radius 1 is 1.50 bits per heavy atom. The van der Waals surface area contributed by atoms with Crippen molar-refractivity contribution in [2.24, 2.45) is 0 Å². The number of likely N-dealkylation sites (N-methyl/N-ethyl adjacent to an activating group) is 1. The van der Waals surface area contributed by atoms with E-state index in [0.29, 0.717) is 0 Å². The van der Waals surface area contributed by atoms with Crippen molar-refractivity contribution in [1.29, 1.82) is 0 Å². The first-order valence-corrected chi connectivity index (χ1v) is 5.24. The average molecular weight is 250 g/mol. The largest absolute Gasteiger partial charge is 0.337 e. The smallest absolute Gasteiger partial charge is 0.242 e. The highest BCUT2D eigenvalue weighted by Gasteiger charge is 2.23. The van der Waals surface area contributed by atoms with Crippen molar-refractivity contribution in [3.63, 3.8) is 0 Å². The van der Waals surface area contributed by atoms with Gasteiger partial charge in [-0.25, -0.2) is 0 Å². The number of nitrogens with one attached hydrogen (secondary N) is 1. The molecular weight excluding hydrogens is 230 g/mol. The molecule has 1 atom stereocenters. The van der Waals surface area contributed by atoms with Crippen LogP contribution in [0, 0.1) is 0 Å². The number of rotatable bonds is 2. The first-order valence-electron chi connectivity index (χ1n) is 5.24. The third-order valence-electron chi connectivity index (χ3n) is 2.73. The highest BCUT2D eigenvalue weighted by molar-refractivity contribution is 5.85. The van der Waals surface area contributed by atoms with Gasteiger partial charge in [-0.3, -0.25) is 9.59 Å². The second-order valence-corrected chi connectivity index (χ2v) is 4.02. The van der Waals surface area contributed by atoms with Crippen molar-refractivity contribution in [2.45, 2.75) is 19.9 Å². The number of halogens is 1. The van der Waals surface area contributed by atoms with Crippen LogP contribution >= 0.6 is 12.4 Å². The van der Waals surface area contributed by atoms with Gasteiger partial charge >= 0.3 is 0 Å². The van der Waals surface area contributed by atoms with Crippen LogP contribution in [0.25, 0.3) is 0 Å². The topological polar surface area (TPSA) is 52.7 Å². The van der Waals surface area contributed by atoms with Gasteiger partial charge in [0, 0.05) is 39.6 Å². The molecule has 0 spiro atoms. The van der Waals surface area contributed by atoms with Crippen LogP contribution in [0.2, 0.25) is 0 Å². The summed E-state index contributed by atoms with van der Waals surface area (Å²) in [6.45, 7) is 6.05. The van der Waals surface area contributed by atoms with E-state index in [2.05, 4.69) is 5.32 Å². The fraction of sp³-hybridized carbons (Fsp3) is 0.800. The lowest BCUT2D eigenvalue weighted by Gasteiger charge is -2.34. The lowest BCUT2D eigenvalue weighted by Crippen LogP contribution is -2.54. The molecule has 0 aromatic carbocycles. The van der Waals surface area contributed by atoms with Crippen molar-refractivity contribution in [3.8, 4) is 0 Å². The van der Waals surface area contributed by atoms with E-state index in [1.54, 1.807) is 7.05 Å². The number of carbonyl (C=O) groups is 2. The summed E-state index contributed by atoms with van der Waals surface area (Å²) in [5, 5.41) is 3.22. The number of amides is 2. The molecule has 6 heteroatoms. The van der Waals surface area contributed by atoms with Crippen LogP contribution < -0.4 is 5.32 Å². The number of hydrogen-bond donors (Lipinski definition) is 1. The summed E-state index contributed by atoms with van der Waals surface area (Å²) in [4.78, 5) is 26.1. The Hall–Kier alpha value is -0.810. The fourth-order valence-corrected chi connectivity index (χ4v) is 1.62. The third-order valence-corrected chi connectivity index (χ3v) is 2.73. The van der Waals surface area contributed by atoms with E-state index in [0.717, 1.165) is 19.6 Å². The zero-order chi connectivity index (χ0) is 11.4. The van der Waals surface area contributed by atoms with Gasteiger partial charge in [0.1, 0.15) is 0 Å². The van der Waals surface area contributed by atoms with E-state index >= 15 is 0 Å². The minimum absolute atomic E-state index is 0. The van der Waals surface area contributed by atoms with Gasteiger partial charge in [-0.15, -0.1) is 12.4 Å². The maximum Gasteiger partial charge on any atom is 0.242 e. The molecule has 1 rings (SSSR count). The second-order valence-electron chi connectivity index (χ2n) is 4.02. The first kappa shape index (κ1) is 15.2. The molecule has 0 aromatic heterocycles. The van der Waals surface area contributed by atoms with Crippen LogP contribution in [0.15, 0.2) is 0 Å². The Bertz CT molecular complexity index is 260. The van der Waals surface area contributed by atoms with E-state index in [1.165, 1.54) is 11.8 Å². The predicted molar refractivity (Wildman–Crippen MR) is 64.6 cm³/mol. The van der Waals surface area contributed by atoms with Crippen molar-refractivity contribution in [2.75, 3.05) is 33.2 Å². The number of nitrogens with zero attached hydrogens (tertiary/aromatic N) is 2. The lowest BCUT2D eigenvalue weighted by atomic mass is 10.2. The third kappa shape index (κ3) is 3.98. The molecular formula is C10H20ClN3O2. The van der Waals surface area contributed by atoms with Gasteiger partial charge in [0.15, 0.2) is 0 Å². The Morgan fingerprint density at radius 2 is 2.12 bits per heavy atom. The molecule has 0 radical (unpaired) electrons. The molecule has 1 saturated heterocycles. The average Bonchev–Trinajstić information content (AvgIpc) is 2.18. The predicted octanol–water partition coefficient (Wildman–Crippen LogP) is -0.293. The van der Waals surface area contributed by atoms with Crippen LogP contribution in [0.4, 0.5) is 0 Å². The normalized spacial score (nSPS) is 19.9. The maximum atomic E-state index is 11.8. The van der Waals surface area contributed by atoms with Gasteiger partial charge in [-0.05, 0) is 6.92 Å². The molecule has 1 fully saturated rings. The highest BCUT2D eigenvalue weighted by Crippen LogP contribution is 2.03. The van der Waals surface area contributed by atoms with Crippen molar-refractivity contribution in [1.82, 2.24) is 15.1 Å². The van der Waals surface area contributed by atoms with Gasteiger partial charge in [-0.1, -0.05) is 0 Å². The first-order chi connectivity index (χ1) is 7.02. The molecule has 0 aromatic rings. The van der Waals surface area contributed by atoms with E-state index in [4.69, 9.17) is 0 Å². The summed E-state index contributed by atoms with van der Waals surface area (Å²) in [7, 11) is 1.65. The summed E-state index contributed by atoms with van der Waals surface area (Å²) >= 11 is 0. The molecule has 1 N–H and O–H groups in total. The summed E-state index contributed by atoms with van der Waals surface area (Å²) in [5.74, 6) is -0.0483. The van der Waals surface area contributed by atoms with Gasteiger partial charge in [-0.2, -0.15) is 0 Å². The van der Waals surface area contributed by atoms with Crippen molar-refractivity contribution < 1.29 is 9.59 Å². The van der Waals surface area contributed by atoms with E-state index in [-0.39, 0.29) is 36.8 Å². The Kier molecular flexibility index (Phi) is 6.36. The van der Waals surface area contributed by atoms with Crippen molar-refractivity contribution >= 4 is 24.2 Å². The Labute approximate surface area is 103 Å². The minimum atomic E-state index is -0.0777. The van der Waals surface area contributed by atoms with Gasteiger partial charge in [0.25, 0.3) is 0 Å².